The SMILES string of the molecule is COC(=O)Nc1ccccc1C(=O)N[C@@H](C(=O)N1CC[C@](O)(c2ccc(Cl)cc2)C(C)(C)C1)C(C)C. The first kappa shape index (κ1) is 27.5. The van der Waals surface area contributed by atoms with E-state index in [2.05, 4.69) is 15.4 Å². The Kier molecular flexibility index (Phi) is 8.31. The molecule has 0 saturated carbocycles. The third-order valence-electron chi connectivity index (χ3n) is 6.90. The summed E-state index contributed by atoms with van der Waals surface area (Å²) in [7, 11) is 1.24. The highest BCUT2D eigenvalue weighted by atomic mass is 35.5. The number of anilines is 1. The van der Waals surface area contributed by atoms with E-state index in [0.717, 1.165) is 5.56 Å². The molecule has 1 saturated heterocycles. The Morgan fingerprint density at radius 1 is 1.08 bits per heavy atom. The van der Waals surface area contributed by atoms with Gasteiger partial charge >= 0.3 is 6.09 Å². The molecule has 36 heavy (non-hydrogen) atoms. The highest BCUT2D eigenvalue weighted by Crippen LogP contribution is 2.46. The second kappa shape index (κ2) is 10.9. The summed E-state index contributed by atoms with van der Waals surface area (Å²) in [4.78, 5) is 40.2. The molecule has 2 aromatic rings. The molecule has 0 bridgehead atoms. The van der Waals surface area contributed by atoms with Crippen LogP contribution in [0.15, 0.2) is 48.5 Å². The number of nitrogens with zero attached hydrogens (tertiary/aromatic N) is 1. The largest absolute Gasteiger partial charge is 0.453 e. The number of methoxy groups -OCH3 is 1. The summed E-state index contributed by atoms with van der Waals surface area (Å²) in [5, 5.41) is 17.6. The van der Waals surface area contributed by atoms with Crippen LogP contribution in [0.4, 0.5) is 10.5 Å². The van der Waals surface area contributed by atoms with Crippen LogP contribution in [0.2, 0.25) is 5.02 Å². The van der Waals surface area contributed by atoms with Crippen molar-refractivity contribution in [1.82, 2.24) is 10.2 Å². The average molecular weight is 516 g/mol. The molecule has 1 aliphatic rings. The van der Waals surface area contributed by atoms with Crippen LogP contribution in [0.5, 0.6) is 0 Å². The normalized spacial score (nSPS) is 19.9. The number of halogens is 1. The highest BCUT2D eigenvalue weighted by Gasteiger charge is 2.50. The van der Waals surface area contributed by atoms with Crippen LogP contribution in [0.3, 0.4) is 0 Å². The fraction of sp³-hybridized carbons (Fsp3) is 0.444. The van der Waals surface area contributed by atoms with Crippen LogP contribution < -0.4 is 10.6 Å². The summed E-state index contributed by atoms with van der Waals surface area (Å²) in [5.41, 5.74) is -0.533. The van der Waals surface area contributed by atoms with Gasteiger partial charge in [-0.2, -0.15) is 0 Å². The predicted molar refractivity (Wildman–Crippen MR) is 139 cm³/mol. The first-order valence-corrected chi connectivity index (χ1v) is 12.3. The lowest BCUT2D eigenvalue weighted by molar-refractivity contribution is -0.155. The summed E-state index contributed by atoms with van der Waals surface area (Å²) in [6.07, 6.45) is -0.353. The number of carbonyl (C=O) groups excluding carboxylic acids is 3. The number of nitrogens with one attached hydrogen (secondary N) is 2. The van der Waals surface area contributed by atoms with Crippen LogP contribution in [0.25, 0.3) is 0 Å². The van der Waals surface area contributed by atoms with Crippen molar-refractivity contribution in [2.75, 3.05) is 25.5 Å². The van der Waals surface area contributed by atoms with E-state index in [1.165, 1.54) is 7.11 Å². The van der Waals surface area contributed by atoms with Gasteiger partial charge in [-0.3, -0.25) is 14.9 Å². The maximum Gasteiger partial charge on any atom is 0.411 e. The predicted octanol–water partition coefficient (Wildman–Crippen LogP) is 4.42. The molecule has 2 aromatic carbocycles. The molecular weight excluding hydrogens is 482 g/mol. The Labute approximate surface area is 217 Å². The van der Waals surface area contributed by atoms with E-state index in [-0.39, 0.29) is 23.1 Å². The molecular formula is C27H34ClN3O5. The van der Waals surface area contributed by atoms with Crippen molar-refractivity contribution in [1.29, 1.82) is 0 Å². The Bertz CT molecular complexity index is 1120. The maximum absolute atomic E-state index is 13.6. The minimum absolute atomic E-state index is 0.192. The number of carbonyl (C=O) groups is 3. The summed E-state index contributed by atoms with van der Waals surface area (Å²) < 4.78 is 4.63. The fourth-order valence-electron chi connectivity index (χ4n) is 4.65. The molecule has 1 fully saturated rings. The molecule has 194 valence electrons. The van der Waals surface area contributed by atoms with Gasteiger partial charge in [-0.1, -0.05) is 63.6 Å². The van der Waals surface area contributed by atoms with Crippen molar-refractivity contribution in [3.63, 3.8) is 0 Å². The van der Waals surface area contributed by atoms with E-state index in [1.54, 1.807) is 41.3 Å². The topological polar surface area (TPSA) is 108 Å². The van der Waals surface area contributed by atoms with Crippen molar-refractivity contribution >= 4 is 35.2 Å². The third-order valence-corrected chi connectivity index (χ3v) is 7.15. The zero-order valence-corrected chi connectivity index (χ0v) is 22.1. The number of hydrogen-bond donors (Lipinski definition) is 3. The number of hydrogen-bond acceptors (Lipinski definition) is 5. The fourth-order valence-corrected chi connectivity index (χ4v) is 4.78. The van der Waals surface area contributed by atoms with Gasteiger partial charge in [-0.25, -0.2) is 4.79 Å². The maximum atomic E-state index is 13.6. The lowest BCUT2D eigenvalue weighted by atomic mass is 9.66. The highest BCUT2D eigenvalue weighted by molar-refractivity contribution is 6.30. The molecule has 0 aliphatic carbocycles. The Morgan fingerprint density at radius 3 is 2.31 bits per heavy atom. The lowest BCUT2D eigenvalue weighted by Gasteiger charge is -2.51. The number of amides is 3. The van der Waals surface area contributed by atoms with Gasteiger partial charge in [-0.05, 0) is 42.2 Å². The standard InChI is InChI=1S/C27H34ClN3O5/c1-17(2)22(30-23(32)20-8-6-7-9-21(20)29-25(34)36-5)24(33)31-15-14-27(35,26(3,4)16-31)18-10-12-19(28)13-11-18/h6-13,17,22,35H,14-16H2,1-5H3,(H,29,34)(H,30,32)/t22-,27+/m1/s1. The molecule has 2 atom stereocenters. The smallest absolute Gasteiger partial charge is 0.411 e. The number of piperidine rings is 1. The van der Waals surface area contributed by atoms with E-state index in [1.807, 2.05) is 39.8 Å². The Hall–Kier alpha value is -3.10. The Balaban J connectivity index is 1.78. The van der Waals surface area contributed by atoms with Crippen LogP contribution in [-0.2, 0) is 15.1 Å². The molecule has 3 amide bonds. The number of benzene rings is 2. The zero-order valence-electron chi connectivity index (χ0n) is 21.3. The summed E-state index contributed by atoms with van der Waals surface area (Å²) >= 11 is 6.03. The van der Waals surface area contributed by atoms with E-state index in [9.17, 15) is 19.5 Å². The molecule has 0 aromatic heterocycles. The van der Waals surface area contributed by atoms with E-state index in [4.69, 9.17) is 11.6 Å². The van der Waals surface area contributed by atoms with Gasteiger partial charge in [0.15, 0.2) is 0 Å². The number of para-hydroxylation sites is 1. The van der Waals surface area contributed by atoms with Crippen molar-refractivity contribution in [3.05, 3.63) is 64.7 Å². The van der Waals surface area contributed by atoms with Gasteiger partial charge in [-0.15, -0.1) is 0 Å². The number of rotatable bonds is 6. The molecule has 0 radical (unpaired) electrons. The van der Waals surface area contributed by atoms with Crippen molar-refractivity contribution in [2.24, 2.45) is 11.3 Å². The first-order valence-electron chi connectivity index (χ1n) is 11.9. The van der Waals surface area contributed by atoms with Crippen molar-refractivity contribution in [3.8, 4) is 0 Å². The number of aliphatic hydroxyl groups is 1. The molecule has 8 nitrogen and oxygen atoms in total. The van der Waals surface area contributed by atoms with Crippen molar-refractivity contribution < 1.29 is 24.2 Å². The molecule has 9 heteroatoms. The second-order valence-corrected chi connectivity index (χ2v) is 10.6. The quantitative estimate of drug-likeness (QED) is 0.528. The molecule has 3 rings (SSSR count). The van der Waals surface area contributed by atoms with Gasteiger partial charge in [0.2, 0.25) is 5.91 Å². The third kappa shape index (κ3) is 5.65. The summed E-state index contributed by atoms with van der Waals surface area (Å²) in [6.45, 7) is 8.23. The van der Waals surface area contributed by atoms with E-state index >= 15 is 0 Å². The number of likely N-dealkylation sites (tertiary alicyclic amines) is 1. The van der Waals surface area contributed by atoms with Crippen LogP contribution >= 0.6 is 11.6 Å². The zero-order chi connectivity index (χ0) is 26.7. The Morgan fingerprint density at radius 2 is 1.72 bits per heavy atom. The molecule has 1 aliphatic heterocycles. The first-order chi connectivity index (χ1) is 16.9. The van der Waals surface area contributed by atoms with E-state index < -0.39 is 29.1 Å². The average Bonchev–Trinajstić information content (AvgIpc) is 2.84. The summed E-state index contributed by atoms with van der Waals surface area (Å²) in [6, 6.07) is 12.9. The van der Waals surface area contributed by atoms with Crippen LogP contribution in [0, 0.1) is 11.3 Å². The summed E-state index contributed by atoms with van der Waals surface area (Å²) in [5.74, 6) is -0.895. The minimum atomic E-state index is -1.14. The van der Waals surface area contributed by atoms with Crippen LogP contribution in [0.1, 0.15) is 50.0 Å². The van der Waals surface area contributed by atoms with Crippen molar-refractivity contribution in [2.45, 2.75) is 45.8 Å². The van der Waals surface area contributed by atoms with Gasteiger partial charge in [0.25, 0.3) is 5.91 Å². The number of ether oxygens (including phenoxy) is 1. The molecule has 1 heterocycles. The molecule has 0 spiro atoms. The molecule has 3 N–H and O–H groups in total. The van der Waals surface area contributed by atoms with Gasteiger partial charge in [0.05, 0.1) is 24.0 Å². The lowest BCUT2D eigenvalue weighted by Crippen LogP contribution is -2.60. The van der Waals surface area contributed by atoms with Gasteiger partial charge in [0.1, 0.15) is 6.04 Å². The van der Waals surface area contributed by atoms with Crippen LogP contribution in [-0.4, -0.2) is 54.2 Å². The van der Waals surface area contributed by atoms with E-state index in [0.29, 0.717) is 24.5 Å². The molecule has 0 unspecified atom stereocenters. The monoisotopic (exact) mass is 515 g/mol. The van der Waals surface area contributed by atoms with Gasteiger partial charge in [0, 0.05) is 23.5 Å². The van der Waals surface area contributed by atoms with Gasteiger partial charge < -0.3 is 20.1 Å². The minimum Gasteiger partial charge on any atom is -0.453 e. The second-order valence-electron chi connectivity index (χ2n) is 10.1.